The van der Waals surface area contributed by atoms with Crippen molar-refractivity contribution in [2.75, 3.05) is 19.6 Å². The van der Waals surface area contributed by atoms with E-state index in [0.29, 0.717) is 0 Å². The predicted octanol–water partition coefficient (Wildman–Crippen LogP) is 30.8. The molecule has 0 fully saturated rings. The summed E-state index contributed by atoms with van der Waals surface area (Å²) in [5, 5.41) is 9.74. The first-order chi connectivity index (χ1) is 59.6. The summed E-state index contributed by atoms with van der Waals surface area (Å²) < 4.78 is 23.2. The van der Waals surface area contributed by atoms with Gasteiger partial charge in [0.25, 0.3) is 0 Å². The lowest BCUT2D eigenvalue weighted by molar-refractivity contribution is 0.476. The number of ether oxygens (including phenoxy) is 2. The van der Waals surface area contributed by atoms with E-state index in [-0.39, 0.29) is 0 Å². The maximum atomic E-state index is 6.74. The van der Waals surface area contributed by atoms with E-state index in [4.69, 9.17) is 9.47 Å². The Labute approximate surface area is 699 Å². The monoisotopic (exact) mass is 1570 g/mol. The zero-order chi connectivity index (χ0) is 78.6. The number of fused-ring (bicyclic) bond motifs is 22. The standard InChI is InChI=1S/C54H34N4O2.C54H34N4S2/c2*1-3-15-35(16-4-1)55-44-23-11-13-25-49(44)59-51-33-37(27-30-46(51)55)57-43-22-10-8-20-41(43)53-48(57)32-29-40-39-19-7-9-21-42(39)58(54(40)53)38-28-31-47-52(34-38)60-50-26-14-12-24-45(50)56(47)36-17-5-2-6-18-36/h2*1-34H. The summed E-state index contributed by atoms with van der Waals surface area (Å²) in [5.74, 6) is 3.25. The highest BCUT2D eigenvalue weighted by atomic mass is 32.2. The van der Waals surface area contributed by atoms with Gasteiger partial charge in [-0.15, -0.1) is 0 Å². The van der Waals surface area contributed by atoms with Crippen LogP contribution in [0.1, 0.15) is 0 Å². The first kappa shape index (κ1) is 67.9. The lowest BCUT2D eigenvalue weighted by Crippen LogP contribution is -2.16. The maximum Gasteiger partial charge on any atom is 0.153 e. The zero-order valence-electron chi connectivity index (χ0n) is 64.5. The number of hydrogen-bond donors (Lipinski definition) is 0. The quantitative estimate of drug-likeness (QED) is 0.149. The molecule has 0 amide bonds. The molecule has 18 aromatic carbocycles. The highest BCUT2D eigenvalue weighted by molar-refractivity contribution is 8.00. The molecule has 0 atom stereocenters. The van der Waals surface area contributed by atoms with Gasteiger partial charge in [0.05, 0.1) is 101 Å². The number of nitrogens with zero attached hydrogens (tertiary/aromatic N) is 8. The molecule has 12 heteroatoms. The van der Waals surface area contributed by atoms with Crippen LogP contribution < -0.4 is 29.1 Å². The third-order valence-electron chi connectivity index (χ3n) is 24.1. The van der Waals surface area contributed by atoms with E-state index in [0.717, 1.165) is 113 Å². The molecule has 0 radical (unpaired) electrons. The third-order valence-corrected chi connectivity index (χ3v) is 26.3. The van der Waals surface area contributed by atoms with E-state index >= 15 is 0 Å². The number of rotatable bonds is 8. The molecular weight excluding hydrogens is 1510 g/mol. The number of hydrogen-bond acceptors (Lipinski definition) is 8. The van der Waals surface area contributed by atoms with Crippen LogP contribution in [0.15, 0.2) is 432 Å². The van der Waals surface area contributed by atoms with Gasteiger partial charge in [-0.05, 0) is 194 Å². The molecule has 4 aromatic heterocycles. The van der Waals surface area contributed by atoms with Gasteiger partial charge in [0.2, 0.25) is 0 Å². The minimum atomic E-state index is 0.802. The van der Waals surface area contributed by atoms with E-state index in [1.54, 1.807) is 0 Å². The molecule has 4 aliphatic heterocycles. The normalized spacial score (nSPS) is 13.0. The minimum absolute atomic E-state index is 0.802. The van der Waals surface area contributed by atoms with Gasteiger partial charge >= 0.3 is 0 Å². The van der Waals surface area contributed by atoms with Crippen molar-refractivity contribution in [2.45, 2.75) is 19.6 Å². The molecule has 8 heterocycles. The molecule has 0 spiro atoms. The van der Waals surface area contributed by atoms with Crippen LogP contribution in [-0.4, -0.2) is 18.3 Å². The second-order valence-corrected chi connectivity index (χ2v) is 32.9. The van der Waals surface area contributed by atoms with Gasteiger partial charge in [-0.2, -0.15) is 0 Å². The van der Waals surface area contributed by atoms with Crippen molar-refractivity contribution in [1.82, 2.24) is 18.3 Å². The third kappa shape index (κ3) is 10.4. The Kier molecular flexibility index (Phi) is 15.4. The topological polar surface area (TPSA) is 51.1 Å². The van der Waals surface area contributed by atoms with Crippen molar-refractivity contribution in [3.8, 4) is 45.7 Å². The molecule has 564 valence electrons. The molecule has 10 nitrogen and oxygen atoms in total. The second-order valence-electron chi connectivity index (χ2n) is 30.7. The van der Waals surface area contributed by atoms with Crippen LogP contribution in [-0.2, 0) is 0 Å². The van der Waals surface area contributed by atoms with Gasteiger partial charge in [0.15, 0.2) is 23.0 Å². The Morgan fingerprint density at radius 3 is 0.858 bits per heavy atom. The van der Waals surface area contributed by atoms with Gasteiger partial charge in [-0.3, -0.25) is 0 Å². The molecule has 22 aromatic rings. The molecule has 0 aliphatic carbocycles. The Hall–Kier alpha value is -15.3. The summed E-state index contributed by atoms with van der Waals surface area (Å²) in [6, 6.07) is 148. The summed E-state index contributed by atoms with van der Waals surface area (Å²) in [7, 11) is 0. The van der Waals surface area contributed by atoms with Gasteiger partial charge in [0.1, 0.15) is 0 Å². The SMILES string of the molecule is c1ccc(N2c3ccccc3Oc3cc(-n4c5ccccc5c5c4ccc4c6ccccc6n(-c6ccc7c(c6)Oc6ccccc6N7c6ccccc6)c45)ccc32)cc1.c1ccc(N2c3ccccc3Sc3cc(-n4c5ccccc5c5c4ccc4c6ccccc6n(-c6ccc7c(c6)Sc6ccccc6N7c6ccccc6)c45)ccc32)cc1. The lowest BCUT2D eigenvalue weighted by Gasteiger charge is -2.33. The summed E-state index contributed by atoms with van der Waals surface area (Å²) in [6.45, 7) is 0. The summed E-state index contributed by atoms with van der Waals surface area (Å²) >= 11 is 3.70. The number of para-hydroxylation sites is 14. The Bertz CT molecular complexity index is 7500. The van der Waals surface area contributed by atoms with Crippen molar-refractivity contribution >= 4 is 179 Å². The van der Waals surface area contributed by atoms with Crippen LogP contribution in [0.4, 0.5) is 68.2 Å². The van der Waals surface area contributed by atoms with E-state index in [1.165, 1.54) is 107 Å². The van der Waals surface area contributed by atoms with Gasteiger partial charge in [0, 0.05) is 109 Å². The molecule has 4 aliphatic rings. The molecule has 0 saturated carbocycles. The Balaban J connectivity index is 0.000000133. The van der Waals surface area contributed by atoms with Crippen molar-refractivity contribution in [3.05, 3.63) is 413 Å². The largest absolute Gasteiger partial charge is 0.453 e. The minimum Gasteiger partial charge on any atom is -0.453 e. The number of benzene rings is 18. The van der Waals surface area contributed by atoms with E-state index in [1.807, 2.05) is 47.8 Å². The van der Waals surface area contributed by atoms with E-state index in [9.17, 15) is 0 Å². The van der Waals surface area contributed by atoms with Crippen LogP contribution in [0.5, 0.6) is 23.0 Å². The first-order valence-electron chi connectivity index (χ1n) is 40.5. The highest BCUT2D eigenvalue weighted by Gasteiger charge is 2.33. The molecule has 0 unspecified atom stereocenters. The Morgan fingerprint density at radius 1 is 0.167 bits per heavy atom. The smallest absolute Gasteiger partial charge is 0.153 e. The maximum absolute atomic E-state index is 6.74. The van der Waals surface area contributed by atoms with Crippen LogP contribution in [0.25, 0.3) is 110 Å². The summed E-state index contributed by atoms with van der Waals surface area (Å²) in [4.78, 5) is 14.3. The fourth-order valence-corrected chi connectivity index (χ4v) is 21.3. The molecule has 120 heavy (non-hydrogen) atoms. The van der Waals surface area contributed by atoms with Crippen molar-refractivity contribution in [1.29, 1.82) is 0 Å². The van der Waals surface area contributed by atoms with Gasteiger partial charge in [-0.1, -0.05) is 230 Å². The van der Waals surface area contributed by atoms with Gasteiger partial charge in [-0.25, -0.2) is 0 Å². The van der Waals surface area contributed by atoms with Crippen molar-refractivity contribution in [3.63, 3.8) is 0 Å². The average Bonchev–Trinajstić information content (AvgIpc) is 1.53. The summed E-state index contributed by atoms with van der Waals surface area (Å²) in [5.41, 5.74) is 26.9. The molecule has 26 rings (SSSR count). The van der Waals surface area contributed by atoms with E-state index < -0.39 is 0 Å². The number of aromatic nitrogens is 4. The fourth-order valence-electron chi connectivity index (χ4n) is 19.1. The second kappa shape index (κ2) is 27.1. The van der Waals surface area contributed by atoms with Crippen molar-refractivity contribution in [2.24, 2.45) is 0 Å². The molecule has 0 N–H and O–H groups in total. The molecule has 0 bridgehead atoms. The molecular formula is C108H68N8O2S2. The van der Waals surface area contributed by atoms with Crippen molar-refractivity contribution < 1.29 is 9.47 Å². The lowest BCUT2D eigenvalue weighted by atomic mass is 10.1. The van der Waals surface area contributed by atoms with Crippen LogP contribution in [0.2, 0.25) is 0 Å². The van der Waals surface area contributed by atoms with Gasteiger partial charge < -0.3 is 47.3 Å². The van der Waals surface area contributed by atoms with E-state index in [2.05, 4.69) is 426 Å². The first-order valence-corrected chi connectivity index (χ1v) is 42.2. The highest BCUT2D eigenvalue weighted by Crippen LogP contribution is 2.58. The summed E-state index contributed by atoms with van der Waals surface area (Å²) in [6.07, 6.45) is 0. The van der Waals surface area contributed by atoms with Crippen LogP contribution in [0.3, 0.4) is 0 Å². The fraction of sp³-hybridized carbons (Fsp3) is 0. The van der Waals surface area contributed by atoms with Crippen LogP contribution >= 0.6 is 23.5 Å². The molecule has 0 saturated heterocycles. The predicted molar refractivity (Wildman–Crippen MR) is 497 cm³/mol. The average molecular weight is 1570 g/mol. The zero-order valence-corrected chi connectivity index (χ0v) is 66.1. The number of anilines is 12. The Morgan fingerprint density at radius 2 is 0.450 bits per heavy atom. The van der Waals surface area contributed by atoms with Crippen LogP contribution in [0, 0.1) is 0 Å².